The van der Waals surface area contributed by atoms with Crippen LogP contribution < -0.4 is 0 Å². The Bertz CT molecular complexity index is 265. The predicted octanol–water partition coefficient (Wildman–Crippen LogP) is 2.13. The van der Waals surface area contributed by atoms with Crippen LogP contribution in [-0.4, -0.2) is 13.7 Å². The molecule has 2 fully saturated rings. The maximum Gasteiger partial charge on any atom is 0.235 e. The van der Waals surface area contributed by atoms with Crippen molar-refractivity contribution in [2.24, 2.45) is 11.8 Å². The minimum Gasteiger partial charge on any atom is -0.212 e. The average molecular weight is 209 g/mol. The molecule has 1 atom stereocenters. The van der Waals surface area contributed by atoms with Crippen molar-refractivity contribution < 1.29 is 8.42 Å². The number of halogens is 1. The van der Waals surface area contributed by atoms with Gasteiger partial charge in [0.05, 0.1) is 5.25 Å². The summed E-state index contributed by atoms with van der Waals surface area (Å²) in [5.74, 6) is 0.762. The van der Waals surface area contributed by atoms with Crippen molar-refractivity contribution >= 4 is 19.7 Å². The zero-order chi connectivity index (χ0) is 8.77. The third kappa shape index (κ3) is 1.62. The van der Waals surface area contributed by atoms with Gasteiger partial charge in [-0.05, 0) is 37.5 Å². The van der Waals surface area contributed by atoms with Crippen molar-refractivity contribution in [3.05, 3.63) is 0 Å². The molecule has 0 heterocycles. The molecule has 2 aliphatic carbocycles. The van der Waals surface area contributed by atoms with Gasteiger partial charge in [0.15, 0.2) is 0 Å². The predicted molar refractivity (Wildman–Crippen MR) is 48.6 cm³/mol. The summed E-state index contributed by atoms with van der Waals surface area (Å²) in [5.41, 5.74) is 0. The molecule has 2 saturated carbocycles. The van der Waals surface area contributed by atoms with Gasteiger partial charge in [-0.25, -0.2) is 8.42 Å². The fraction of sp³-hybridized carbons (Fsp3) is 1.00. The largest absolute Gasteiger partial charge is 0.235 e. The Hall–Kier alpha value is 0.240. The highest BCUT2D eigenvalue weighted by Gasteiger charge is 2.45. The van der Waals surface area contributed by atoms with Gasteiger partial charge >= 0.3 is 0 Å². The lowest BCUT2D eigenvalue weighted by atomic mass is 9.81. The molecule has 0 aromatic carbocycles. The van der Waals surface area contributed by atoms with Crippen LogP contribution in [0.1, 0.15) is 32.1 Å². The quantitative estimate of drug-likeness (QED) is 0.666. The summed E-state index contributed by atoms with van der Waals surface area (Å²) >= 11 is 0. The van der Waals surface area contributed by atoms with Crippen molar-refractivity contribution in [3.8, 4) is 0 Å². The Morgan fingerprint density at radius 1 is 1.08 bits per heavy atom. The molecule has 70 valence electrons. The minimum atomic E-state index is -3.29. The van der Waals surface area contributed by atoms with Crippen LogP contribution in [-0.2, 0) is 9.05 Å². The first-order chi connectivity index (χ1) is 5.59. The van der Waals surface area contributed by atoms with Crippen molar-refractivity contribution in [1.82, 2.24) is 0 Å². The third-order valence-corrected chi connectivity index (χ3v) is 5.06. The van der Waals surface area contributed by atoms with Crippen LogP contribution in [0.15, 0.2) is 0 Å². The second-order valence-electron chi connectivity index (χ2n) is 3.97. The molecule has 1 unspecified atom stereocenters. The number of rotatable bonds is 3. The van der Waals surface area contributed by atoms with Crippen molar-refractivity contribution in [2.75, 3.05) is 0 Å². The van der Waals surface area contributed by atoms with Crippen LogP contribution in [0.2, 0.25) is 0 Å². The van der Waals surface area contributed by atoms with Crippen LogP contribution in [0, 0.1) is 11.8 Å². The molecule has 0 aromatic rings. The van der Waals surface area contributed by atoms with Crippen LogP contribution in [0.4, 0.5) is 0 Å². The molecule has 0 spiro atoms. The third-order valence-electron chi connectivity index (χ3n) is 3.03. The van der Waals surface area contributed by atoms with Gasteiger partial charge in [0, 0.05) is 10.7 Å². The summed E-state index contributed by atoms with van der Waals surface area (Å²) < 4.78 is 22.4. The molecule has 0 N–H and O–H groups in total. The molecule has 2 rings (SSSR count). The van der Waals surface area contributed by atoms with Crippen molar-refractivity contribution in [3.63, 3.8) is 0 Å². The molecule has 0 bridgehead atoms. The molecular weight excluding hydrogens is 196 g/mol. The lowest BCUT2D eigenvalue weighted by Crippen LogP contribution is -2.33. The molecule has 2 nitrogen and oxygen atoms in total. The van der Waals surface area contributed by atoms with E-state index in [-0.39, 0.29) is 5.25 Å². The van der Waals surface area contributed by atoms with E-state index in [1.165, 1.54) is 6.42 Å². The molecule has 2 aliphatic rings. The van der Waals surface area contributed by atoms with E-state index in [1.807, 2.05) is 0 Å². The fourth-order valence-corrected chi connectivity index (χ4v) is 4.37. The molecular formula is C8H13ClO2S. The van der Waals surface area contributed by atoms with Crippen LogP contribution in [0.25, 0.3) is 0 Å². The second kappa shape index (κ2) is 2.88. The van der Waals surface area contributed by atoms with Gasteiger partial charge in [-0.2, -0.15) is 0 Å². The van der Waals surface area contributed by atoms with Gasteiger partial charge in [-0.15, -0.1) is 0 Å². The molecule has 4 heteroatoms. The Morgan fingerprint density at radius 3 is 1.83 bits per heavy atom. The highest BCUT2D eigenvalue weighted by molar-refractivity contribution is 8.14. The Kier molecular flexibility index (Phi) is 2.11. The summed E-state index contributed by atoms with van der Waals surface area (Å²) in [4.78, 5) is 0. The van der Waals surface area contributed by atoms with Gasteiger partial charge in [0.1, 0.15) is 0 Å². The topological polar surface area (TPSA) is 34.1 Å². The highest BCUT2D eigenvalue weighted by Crippen LogP contribution is 2.46. The summed E-state index contributed by atoms with van der Waals surface area (Å²) in [7, 11) is 2.12. The van der Waals surface area contributed by atoms with Gasteiger partial charge in [-0.1, -0.05) is 6.42 Å². The first-order valence-electron chi connectivity index (χ1n) is 4.52. The Morgan fingerprint density at radius 2 is 1.58 bits per heavy atom. The molecule has 0 radical (unpaired) electrons. The van der Waals surface area contributed by atoms with E-state index >= 15 is 0 Å². The number of hydrogen-bond donors (Lipinski definition) is 0. The number of hydrogen-bond acceptors (Lipinski definition) is 2. The summed E-state index contributed by atoms with van der Waals surface area (Å²) in [6.07, 6.45) is 5.43. The average Bonchev–Trinajstić information content (AvgIpc) is 2.55. The maximum absolute atomic E-state index is 11.2. The fourth-order valence-electron chi connectivity index (χ4n) is 2.04. The molecule has 12 heavy (non-hydrogen) atoms. The SMILES string of the molecule is O=S(=O)(Cl)C(C1CCC1)C1CC1. The van der Waals surface area contributed by atoms with Crippen LogP contribution in [0.5, 0.6) is 0 Å². The van der Waals surface area contributed by atoms with Gasteiger partial charge < -0.3 is 0 Å². The molecule has 0 aromatic heterocycles. The zero-order valence-corrected chi connectivity index (χ0v) is 8.44. The van der Waals surface area contributed by atoms with E-state index in [0.717, 1.165) is 25.7 Å². The van der Waals surface area contributed by atoms with Crippen LogP contribution >= 0.6 is 10.7 Å². The smallest absolute Gasteiger partial charge is 0.212 e. The maximum atomic E-state index is 11.2. The Balaban J connectivity index is 2.11. The normalized spacial score (nSPS) is 28.1. The first kappa shape index (κ1) is 8.82. The van der Waals surface area contributed by atoms with Crippen LogP contribution in [0.3, 0.4) is 0 Å². The lowest BCUT2D eigenvalue weighted by molar-refractivity contribution is 0.286. The monoisotopic (exact) mass is 208 g/mol. The van der Waals surface area contributed by atoms with Gasteiger partial charge in [0.2, 0.25) is 9.05 Å². The van der Waals surface area contributed by atoms with Crippen molar-refractivity contribution in [1.29, 1.82) is 0 Å². The lowest BCUT2D eigenvalue weighted by Gasteiger charge is -2.31. The Labute approximate surface area is 77.7 Å². The van der Waals surface area contributed by atoms with E-state index in [9.17, 15) is 8.42 Å². The first-order valence-corrected chi connectivity index (χ1v) is 6.90. The second-order valence-corrected chi connectivity index (χ2v) is 6.75. The van der Waals surface area contributed by atoms with Gasteiger partial charge in [0.25, 0.3) is 0 Å². The summed E-state index contributed by atoms with van der Waals surface area (Å²) in [6.45, 7) is 0. The highest BCUT2D eigenvalue weighted by atomic mass is 35.7. The molecule has 0 aliphatic heterocycles. The molecule has 0 saturated heterocycles. The van der Waals surface area contributed by atoms with Gasteiger partial charge in [-0.3, -0.25) is 0 Å². The van der Waals surface area contributed by atoms with E-state index in [1.54, 1.807) is 0 Å². The minimum absolute atomic E-state index is 0.215. The van der Waals surface area contributed by atoms with Crippen molar-refractivity contribution in [2.45, 2.75) is 37.4 Å². The van der Waals surface area contributed by atoms with E-state index in [0.29, 0.717) is 11.8 Å². The van der Waals surface area contributed by atoms with E-state index < -0.39 is 9.05 Å². The van der Waals surface area contributed by atoms with E-state index in [2.05, 4.69) is 0 Å². The molecule has 0 amide bonds. The summed E-state index contributed by atoms with van der Waals surface area (Å²) in [6, 6.07) is 0. The summed E-state index contributed by atoms with van der Waals surface area (Å²) in [5, 5.41) is -0.215. The standard InChI is InChI=1S/C8H13ClO2S/c9-12(10,11)8(7-4-5-7)6-2-1-3-6/h6-8H,1-5H2. The van der Waals surface area contributed by atoms with E-state index in [4.69, 9.17) is 10.7 Å². The zero-order valence-electron chi connectivity index (χ0n) is 6.87.